The molecular formula is C16H22F3NO3. The Morgan fingerprint density at radius 1 is 1.35 bits per heavy atom. The van der Waals surface area contributed by atoms with E-state index in [1.807, 2.05) is 6.92 Å². The summed E-state index contributed by atoms with van der Waals surface area (Å²) >= 11 is 0. The smallest absolute Gasteiger partial charge is 0.416 e. The summed E-state index contributed by atoms with van der Waals surface area (Å²) in [5.74, 6) is -0.183. The predicted octanol–water partition coefficient (Wildman–Crippen LogP) is 3.00. The lowest BCUT2D eigenvalue weighted by Crippen LogP contribution is -2.41. The minimum absolute atomic E-state index is 0.0130. The van der Waals surface area contributed by atoms with Crippen molar-refractivity contribution in [2.24, 2.45) is 5.41 Å². The van der Waals surface area contributed by atoms with E-state index in [-0.39, 0.29) is 24.8 Å². The normalized spacial score (nSPS) is 13.5. The minimum atomic E-state index is -4.45. The van der Waals surface area contributed by atoms with E-state index in [4.69, 9.17) is 4.74 Å². The first-order chi connectivity index (χ1) is 10.6. The second kappa shape index (κ2) is 7.68. The molecule has 0 aliphatic rings. The number of hydrogen-bond donors (Lipinski definition) is 2. The number of ether oxygens (including phenoxy) is 1. The topological polar surface area (TPSA) is 58.6 Å². The van der Waals surface area contributed by atoms with Crippen LogP contribution < -0.4 is 10.1 Å². The summed E-state index contributed by atoms with van der Waals surface area (Å²) in [4.78, 5) is 11.8. The van der Waals surface area contributed by atoms with E-state index in [9.17, 15) is 23.1 Å². The molecule has 0 aromatic heterocycles. The molecular weight excluding hydrogens is 311 g/mol. The van der Waals surface area contributed by atoms with Crippen molar-refractivity contribution in [3.63, 3.8) is 0 Å². The number of aliphatic hydroxyl groups is 1. The van der Waals surface area contributed by atoms with Gasteiger partial charge >= 0.3 is 6.18 Å². The van der Waals surface area contributed by atoms with E-state index in [0.717, 1.165) is 12.1 Å². The highest BCUT2D eigenvalue weighted by Crippen LogP contribution is 2.31. The van der Waals surface area contributed by atoms with Crippen LogP contribution in [0.15, 0.2) is 24.3 Å². The zero-order valence-electron chi connectivity index (χ0n) is 13.4. The number of rotatable bonds is 7. The number of aliphatic hydroxyl groups excluding tert-OH is 1. The van der Waals surface area contributed by atoms with Crippen LogP contribution in [0.4, 0.5) is 13.2 Å². The Balaban J connectivity index is 2.48. The molecule has 1 aromatic carbocycles. The molecule has 4 nitrogen and oxygen atoms in total. The van der Waals surface area contributed by atoms with Gasteiger partial charge < -0.3 is 15.2 Å². The number of nitrogens with one attached hydrogen (secondary N) is 1. The molecule has 23 heavy (non-hydrogen) atoms. The van der Waals surface area contributed by atoms with Gasteiger partial charge in [-0.15, -0.1) is 0 Å². The van der Waals surface area contributed by atoms with E-state index in [1.54, 1.807) is 13.8 Å². The minimum Gasteiger partial charge on any atom is -0.491 e. The van der Waals surface area contributed by atoms with Crippen molar-refractivity contribution in [3.05, 3.63) is 29.8 Å². The lowest BCUT2D eigenvalue weighted by atomic mass is 9.89. The fourth-order valence-electron chi connectivity index (χ4n) is 1.62. The standard InChI is InChI=1S/C16H22F3NO3/c1-4-15(2,3)14(22)20-9-12(21)10-23-13-7-5-6-11(8-13)16(17,18)19/h5-8,12,21H,4,9-10H2,1-3H3,(H,20,22). The molecule has 0 saturated carbocycles. The van der Waals surface area contributed by atoms with Crippen LogP contribution in [0.25, 0.3) is 0 Å². The Labute approximate surface area is 133 Å². The SMILES string of the molecule is CCC(C)(C)C(=O)NCC(O)COc1cccc(C(F)(F)F)c1. The molecule has 0 heterocycles. The van der Waals surface area contributed by atoms with Crippen LogP contribution in [0, 0.1) is 5.41 Å². The average molecular weight is 333 g/mol. The van der Waals surface area contributed by atoms with Crippen LogP contribution >= 0.6 is 0 Å². The molecule has 1 unspecified atom stereocenters. The Kier molecular flexibility index (Phi) is 6.44. The van der Waals surface area contributed by atoms with Gasteiger partial charge in [-0.2, -0.15) is 13.2 Å². The number of carbonyl (C=O) groups is 1. The van der Waals surface area contributed by atoms with Gasteiger partial charge in [-0.25, -0.2) is 0 Å². The van der Waals surface area contributed by atoms with E-state index in [1.165, 1.54) is 12.1 Å². The third-order valence-corrected chi connectivity index (χ3v) is 3.60. The quantitative estimate of drug-likeness (QED) is 0.806. The van der Waals surface area contributed by atoms with Crippen molar-refractivity contribution < 1.29 is 27.8 Å². The highest BCUT2D eigenvalue weighted by Gasteiger charge is 2.30. The third kappa shape index (κ3) is 6.09. The first kappa shape index (κ1) is 19.3. The first-order valence-electron chi connectivity index (χ1n) is 7.32. The van der Waals surface area contributed by atoms with Crippen molar-refractivity contribution in [1.82, 2.24) is 5.32 Å². The van der Waals surface area contributed by atoms with Gasteiger partial charge in [0.1, 0.15) is 18.5 Å². The lowest BCUT2D eigenvalue weighted by Gasteiger charge is -2.22. The number of amides is 1. The van der Waals surface area contributed by atoms with E-state index in [2.05, 4.69) is 5.32 Å². The van der Waals surface area contributed by atoms with Crippen molar-refractivity contribution in [2.45, 2.75) is 39.5 Å². The van der Waals surface area contributed by atoms with Crippen molar-refractivity contribution in [1.29, 1.82) is 0 Å². The number of alkyl halides is 3. The van der Waals surface area contributed by atoms with Gasteiger partial charge in [0.05, 0.1) is 5.56 Å². The van der Waals surface area contributed by atoms with Gasteiger partial charge in [-0.3, -0.25) is 4.79 Å². The third-order valence-electron chi connectivity index (χ3n) is 3.60. The van der Waals surface area contributed by atoms with Crippen LogP contribution in [0.5, 0.6) is 5.75 Å². The highest BCUT2D eigenvalue weighted by molar-refractivity contribution is 5.81. The molecule has 0 aliphatic heterocycles. The molecule has 7 heteroatoms. The molecule has 0 aliphatic carbocycles. The lowest BCUT2D eigenvalue weighted by molar-refractivity contribution is -0.137. The summed E-state index contributed by atoms with van der Waals surface area (Å²) in [6.07, 6.45) is -4.81. The number of hydrogen-bond acceptors (Lipinski definition) is 3. The van der Waals surface area contributed by atoms with Gasteiger partial charge in [0, 0.05) is 12.0 Å². The Morgan fingerprint density at radius 3 is 2.57 bits per heavy atom. The van der Waals surface area contributed by atoms with Crippen LogP contribution in [0.3, 0.4) is 0 Å². The molecule has 2 N–H and O–H groups in total. The molecule has 0 spiro atoms. The van der Waals surface area contributed by atoms with Crippen LogP contribution in [0.2, 0.25) is 0 Å². The van der Waals surface area contributed by atoms with Crippen LogP contribution in [-0.4, -0.2) is 30.3 Å². The second-order valence-electron chi connectivity index (χ2n) is 5.94. The molecule has 0 bridgehead atoms. The highest BCUT2D eigenvalue weighted by atomic mass is 19.4. The predicted molar refractivity (Wildman–Crippen MR) is 80.0 cm³/mol. The molecule has 130 valence electrons. The Morgan fingerprint density at radius 2 is 2.00 bits per heavy atom. The summed E-state index contributed by atoms with van der Waals surface area (Å²) in [6.45, 7) is 5.21. The van der Waals surface area contributed by atoms with Gasteiger partial charge in [-0.1, -0.05) is 26.8 Å². The summed E-state index contributed by atoms with van der Waals surface area (Å²) in [5.41, 5.74) is -1.36. The van der Waals surface area contributed by atoms with Gasteiger partial charge in [0.15, 0.2) is 0 Å². The van der Waals surface area contributed by atoms with E-state index >= 15 is 0 Å². The van der Waals surface area contributed by atoms with Crippen LogP contribution in [0.1, 0.15) is 32.8 Å². The van der Waals surface area contributed by atoms with Gasteiger partial charge in [0.25, 0.3) is 0 Å². The number of benzene rings is 1. The van der Waals surface area contributed by atoms with Gasteiger partial charge in [-0.05, 0) is 24.6 Å². The summed E-state index contributed by atoms with van der Waals surface area (Å²) in [6, 6.07) is 4.42. The summed E-state index contributed by atoms with van der Waals surface area (Å²) in [7, 11) is 0. The molecule has 0 saturated heterocycles. The number of carbonyl (C=O) groups excluding carboxylic acids is 1. The van der Waals surface area contributed by atoms with Gasteiger partial charge in [0.2, 0.25) is 5.91 Å². The second-order valence-corrected chi connectivity index (χ2v) is 5.94. The summed E-state index contributed by atoms with van der Waals surface area (Å²) < 4.78 is 42.9. The monoisotopic (exact) mass is 333 g/mol. The number of halogens is 3. The Bertz CT molecular complexity index is 530. The van der Waals surface area contributed by atoms with Crippen molar-refractivity contribution >= 4 is 5.91 Å². The molecule has 0 radical (unpaired) electrons. The zero-order chi connectivity index (χ0) is 17.7. The molecule has 1 aromatic rings. The molecule has 1 atom stereocenters. The molecule has 0 fully saturated rings. The molecule has 1 rings (SSSR count). The largest absolute Gasteiger partial charge is 0.491 e. The van der Waals surface area contributed by atoms with Crippen LogP contribution in [-0.2, 0) is 11.0 Å². The fourth-order valence-corrected chi connectivity index (χ4v) is 1.62. The Hall–Kier alpha value is -1.76. The first-order valence-corrected chi connectivity index (χ1v) is 7.32. The van der Waals surface area contributed by atoms with E-state index < -0.39 is 23.3 Å². The molecule has 1 amide bonds. The maximum Gasteiger partial charge on any atom is 0.416 e. The van der Waals surface area contributed by atoms with Crippen molar-refractivity contribution in [2.75, 3.05) is 13.2 Å². The zero-order valence-corrected chi connectivity index (χ0v) is 13.4. The maximum absolute atomic E-state index is 12.6. The maximum atomic E-state index is 12.6. The average Bonchev–Trinajstić information content (AvgIpc) is 2.49. The van der Waals surface area contributed by atoms with Crippen molar-refractivity contribution in [3.8, 4) is 5.75 Å². The fraction of sp³-hybridized carbons (Fsp3) is 0.562. The summed E-state index contributed by atoms with van der Waals surface area (Å²) in [5, 5.41) is 12.4. The van der Waals surface area contributed by atoms with E-state index in [0.29, 0.717) is 6.42 Å².